The quantitative estimate of drug-likeness (QED) is 0.788. The number of rotatable bonds is 3. The van der Waals surface area contributed by atoms with E-state index in [9.17, 15) is 0 Å². The van der Waals surface area contributed by atoms with Crippen LogP contribution in [0.2, 0.25) is 0 Å². The predicted octanol–water partition coefficient (Wildman–Crippen LogP) is 0.567. The van der Waals surface area contributed by atoms with E-state index >= 15 is 0 Å². The molecule has 84 valence electrons. The van der Waals surface area contributed by atoms with Gasteiger partial charge in [-0.2, -0.15) is 5.10 Å². The molecule has 15 heavy (non-hydrogen) atoms. The summed E-state index contributed by atoms with van der Waals surface area (Å²) < 4.78 is 2.00. The molecule has 1 aromatic rings. The first-order chi connectivity index (χ1) is 7.36. The maximum Gasteiger partial charge on any atom is 0.0536 e. The summed E-state index contributed by atoms with van der Waals surface area (Å²) in [4.78, 5) is 2.54. The van der Waals surface area contributed by atoms with Crippen molar-refractivity contribution >= 4 is 0 Å². The summed E-state index contributed by atoms with van der Waals surface area (Å²) in [5.74, 6) is 0. The van der Waals surface area contributed by atoms with Gasteiger partial charge in [0.05, 0.1) is 6.54 Å². The van der Waals surface area contributed by atoms with Gasteiger partial charge in [0.15, 0.2) is 0 Å². The summed E-state index contributed by atoms with van der Waals surface area (Å²) in [5, 5.41) is 7.66. The van der Waals surface area contributed by atoms with E-state index in [0.29, 0.717) is 6.04 Å². The minimum atomic E-state index is 0.690. The summed E-state index contributed by atoms with van der Waals surface area (Å²) in [5.41, 5.74) is 0. The number of hydrogen-bond donors (Lipinski definition) is 1. The molecule has 1 N–H and O–H groups in total. The Morgan fingerprint density at radius 2 is 2.33 bits per heavy atom. The maximum absolute atomic E-state index is 4.22. The first-order valence-corrected chi connectivity index (χ1v) is 5.78. The van der Waals surface area contributed by atoms with Crippen LogP contribution >= 0.6 is 0 Å². The van der Waals surface area contributed by atoms with E-state index < -0.39 is 0 Å². The zero-order valence-electron chi connectivity index (χ0n) is 9.39. The van der Waals surface area contributed by atoms with Gasteiger partial charge in [-0.15, -0.1) is 0 Å². The Morgan fingerprint density at radius 1 is 1.40 bits per heavy atom. The number of hydrogen-bond acceptors (Lipinski definition) is 3. The first kappa shape index (κ1) is 10.6. The van der Waals surface area contributed by atoms with Gasteiger partial charge in [0.25, 0.3) is 0 Å². The monoisotopic (exact) mass is 208 g/mol. The van der Waals surface area contributed by atoms with Gasteiger partial charge in [-0.3, -0.25) is 9.58 Å². The zero-order valence-corrected chi connectivity index (χ0v) is 9.39. The van der Waals surface area contributed by atoms with E-state index in [1.807, 2.05) is 23.1 Å². The Balaban J connectivity index is 1.81. The summed E-state index contributed by atoms with van der Waals surface area (Å²) in [6.45, 7) is 7.84. The topological polar surface area (TPSA) is 33.1 Å². The second kappa shape index (κ2) is 5.28. The van der Waals surface area contributed by atoms with Crippen molar-refractivity contribution in [2.75, 3.05) is 26.2 Å². The van der Waals surface area contributed by atoms with Crippen LogP contribution in [0.3, 0.4) is 0 Å². The van der Waals surface area contributed by atoms with Crippen LogP contribution in [0.5, 0.6) is 0 Å². The molecule has 1 atom stereocenters. The Morgan fingerprint density at radius 3 is 3.13 bits per heavy atom. The average molecular weight is 208 g/mol. The fraction of sp³-hybridized carbons (Fsp3) is 0.727. The lowest BCUT2D eigenvalue weighted by Crippen LogP contribution is -2.36. The van der Waals surface area contributed by atoms with Gasteiger partial charge in [0, 0.05) is 38.1 Å². The largest absolute Gasteiger partial charge is 0.315 e. The first-order valence-electron chi connectivity index (χ1n) is 5.78. The molecule has 4 nitrogen and oxygen atoms in total. The highest BCUT2D eigenvalue weighted by Gasteiger charge is 2.15. The third-order valence-corrected chi connectivity index (χ3v) is 3.11. The molecule has 0 spiro atoms. The molecule has 0 saturated carbocycles. The molecule has 1 saturated heterocycles. The molecule has 0 aliphatic carbocycles. The molecule has 0 bridgehead atoms. The van der Waals surface area contributed by atoms with Crippen LogP contribution in [0, 0.1) is 0 Å². The molecule has 1 aromatic heterocycles. The van der Waals surface area contributed by atoms with Crippen LogP contribution in [0.4, 0.5) is 0 Å². The van der Waals surface area contributed by atoms with E-state index in [4.69, 9.17) is 0 Å². The molecule has 1 unspecified atom stereocenters. The number of nitrogens with zero attached hydrogens (tertiary/aromatic N) is 3. The maximum atomic E-state index is 4.22. The summed E-state index contributed by atoms with van der Waals surface area (Å²) in [6.07, 6.45) is 5.12. The fourth-order valence-electron chi connectivity index (χ4n) is 2.06. The number of aromatic nitrogens is 2. The van der Waals surface area contributed by atoms with Crippen LogP contribution in [-0.4, -0.2) is 46.9 Å². The standard InChI is InChI=1S/C11H20N4/c1-11-3-5-12-6-8-14(11)9-10-15-7-2-4-13-15/h2,4,7,11-12H,3,5-6,8-10H2,1H3. The third kappa shape index (κ3) is 3.04. The normalized spacial score (nSPS) is 23.9. The van der Waals surface area contributed by atoms with Crippen molar-refractivity contribution in [3.63, 3.8) is 0 Å². The lowest BCUT2D eigenvalue weighted by molar-refractivity contribution is 0.209. The van der Waals surface area contributed by atoms with Crippen LogP contribution in [-0.2, 0) is 6.54 Å². The minimum absolute atomic E-state index is 0.690. The molecule has 1 fully saturated rings. The Hall–Kier alpha value is -0.870. The minimum Gasteiger partial charge on any atom is -0.315 e. The summed E-state index contributed by atoms with van der Waals surface area (Å²) in [6, 6.07) is 2.67. The van der Waals surface area contributed by atoms with Crippen LogP contribution in [0.1, 0.15) is 13.3 Å². The van der Waals surface area contributed by atoms with Crippen LogP contribution < -0.4 is 5.32 Å². The van der Waals surface area contributed by atoms with Crippen molar-refractivity contribution < 1.29 is 0 Å². The van der Waals surface area contributed by atoms with Crippen LogP contribution in [0.25, 0.3) is 0 Å². The summed E-state index contributed by atoms with van der Waals surface area (Å²) >= 11 is 0. The van der Waals surface area contributed by atoms with Gasteiger partial charge in [0.1, 0.15) is 0 Å². The molecule has 1 aliphatic heterocycles. The van der Waals surface area contributed by atoms with Crippen molar-refractivity contribution in [3.8, 4) is 0 Å². The van der Waals surface area contributed by atoms with Crippen molar-refractivity contribution in [2.24, 2.45) is 0 Å². The van der Waals surface area contributed by atoms with Gasteiger partial charge in [-0.05, 0) is 26.0 Å². The van der Waals surface area contributed by atoms with Gasteiger partial charge in [-0.25, -0.2) is 0 Å². The van der Waals surface area contributed by atoms with E-state index in [0.717, 1.165) is 32.7 Å². The highest BCUT2D eigenvalue weighted by molar-refractivity contribution is 4.79. The van der Waals surface area contributed by atoms with Gasteiger partial charge in [-0.1, -0.05) is 0 Å². The fourth-order valence-corrected chi connectivity index (χ4v) is 2.06. The van der Waals surface area contributed by atoms with Crippen LogP contribution in [0.15, 0.2) is 18.5 Å². The Labute approximate surface area is 91.3 Å². The molecule has 4 heteroatoms. The van der Waals surface area contributed by atoms with E-state index in [-0.39, 0.29) is 0 Å². The Kier molecular flexibility index (Phi) is 3.75. The van der Waals surface area contributed by atoms with Crippen molar-refractivity contribution in [3.05, 3.63) is 18.5 Å². The van der Waals surface area contributed by atoms with E-state index in [1.54, 1.807) is 0 Å². The van der Waals surface area contributed by atoms with Gasteiger partial charge >= 0.3 is 0 Å². The second-order valence-corrected chi connectivity index (χ2v) is 4.19. The molecular formula is C11H20N4. The lowest BCUT2D eigenvalue weighted by atomic mass is 10.2. The van der Waals surface area contributed by atoms with E-state index in [2.05, 4.69) is 22.2 Å². The molecular weight excluding hydrogens is 188 g/mol. The van der Waals surface area contributed by atoms with Gasteiger partial charge < -0.3 is 5.32 Å². The zero-order chi connectivity index (χ0) is 10.5. The second-order valence-electron chi connectivity index (χ2n) is 4.19. The van der Waals surface area contributed by atoms with Gasteiger partial charge in [0.2, 0.25) is 0 Å². The Bertz CT molecular complexity index is 270. The van der Waals surface area contributed by atoms with E-state index in [1.165, 1.54) is 6.42 Å². The SMILES string of the molecule is CC1CCNCCN1CCn1cccn1. The molecule has 0 aromatic carbocycles. The number of nitrogens with one attached hydrogen (secondary N) is 1. The van der Waals surface area contributed by atoms with Crippen molar-refractivity contribution in [1.29, 1.82) is 0 Å². The summed E-state index contributed by atoms with van der Waals surface area (Å²) in [7, 11) is 0. The molecule has 1 aliphatic rings. The van der Waals surface area contributed by atoms with Crippen molar-refractivity contribution in [1.82, 2.24) is 20.0 Å². The smallest absolute Gasteiger partial charge is 0.0536 e. The van der Waals surface area contributed by atoms with Crippen molar-refractivity contribution in [2.45, 2.75) is 25.9 Å². The molecule has 0 radical (unpaired) electrons. The highest BCUT2D eigenvalue weighted by Crippen LogP contribution is 2.05. The average Bonchev–Trinajstić information content (AvgIpc) is 2.67. The molecule has 2 heterocycles. The highest BCUT2D eigenvalue weighted by atomic mass is 15.3. The third-order valence-electron chi connectivity index (χ3n) is 3.11. The molecule has 2 rings (SSSR count). The predicted molar refractivity (Wildman–Crippen MR) is 60.7 cm³/mol. The lowest BCUT2D eigenvalue weighted by Gasteiger charge is -2.26. The molecule has 0 amide bonds.